The first-order valence-electron chi connectivity index (χ1n) is 6.55. The van der Waals surface area contributed by atoms with E-state index in [1.54, 1.807) is 0 Å². The molecule has 0 spiro atoms. The average Bonchev–Trinajstić information content (AvgIpc) is 2.09. The van der Waals surface area contributed by atoms with Crippen LogP contribution in [0.5, 0.6) is 5.75 Å². The van der Waals surface area contributed by atoms with E-state index in [0.717, 1.165) is 28.8 Å². The average molecular weight is 249 g/mol. The molecule has 102 valence electrons. The Morgan fingerprint density at radius 3 is 2.00 bits per heavy atom. The Morgan fingerprint density at radius 1 is 1.11 bits per heavy atom. The van der Waals surface area contributed by atoms with Gasteiger partial charge in [-0.3, -0.25) is 0 Å². The molecule has 0 unspecified atom stereocenters. The smallest absolute Gasteiger partial charge is 0.124 e. The van der Waals surface area contributed by atoms with Crippen LogP contribution in [0, 0.1) is 12.3 Å². The van der Waals surface area contributed by atoms with Crippen molar-refractivity contribution in [1.29, 1.82) is 0 Å². The zero-order chi connectivity index (χ0) is 14.3. The number of hydrogen-bond donors (Lipinski definition) is 2. The molecule has 18 heavy (non-hydrogen) atoms. The van der Waals surface area contributed by atoms with Gasteiger partial charge in [-0.2, -0.15) is 0 Å². The molecule has 0 aliphatic heterocycles. The summed E-state index contributed by atoms with van der Waals surface area (Å²) >= 11 is 0. The highest BCUT2D eigenvalue weighted by atomic mass is 16.3. The maximum absolute atomic E-state index is 10.3. The summed E-state index contributed by atoms with van der Waals surface area (Å²) in [6, 6.07) is 2.02. The molecular formula is C16H27NO. The van der Waals surface area contributed by atoms with E-state index in [4.69, 9.17) is 5.73 Å². The summed E-state index contributed by atoms with van der Waals surface area (Å²) in [5, 5.41) is 10.3. The molecule has 2 nitrogen and oxygen atoms in total. The van der Waals surface area contributed by atoms with Crippen molar-refractivity contribution in [1.82, 2.24) is 0 Å². The number of anilines is 1. The Balaban J connectivity index is 3.45. The standard InChI is InChI=1S/C16H27NO/c1-10-8-11(9-15(2,3)4)13(17)12(14(10)18)16(5,6)7/h8,18H,9,17H2,1-7H3. The van der Waals surface area contributed by atoms with Gasteiger partial charge in [0.2, 0.25) is 0 Å². The maximum atomic E-state index is 10.3. The normalized spacial score (nSPS) is 12.8. The zero-order valence-corrected chi connectivity index (χ0v) is 12.8. The van der Waals surface area contributed by atoms with Crippen LogP contribution in [0.2, 0.25) is 0 Å². The number of rotatable bonds is 1. The summed E-state index contributed by atoms with van der Waals surface area (Å²) in [6.45, 7) is 14.8. The summed E-state index contributed by atoms with van der Waals surface area (Å²) < 4.78 is 0. The van der Waals surface area contributed by atoms with E-state index < -0.39 is 0 Å². The minimum atomic E-state index is -0.146. The van der Waals surface area contributed by atoms with Crippen molar-refractivity contribution in [2.24, 2.45) is 5.41 Å². The minimum absolute atomic E-state index is 0.146. The molecule has 0 atom stereocenters. The summed E-state index contributed by atoms with van der Waals surface area (Å²) in [7, 11) is 0. The zero-order valence-electron chi connectivity index (χ0n) is 12.8. The van der Waals surface area contributed by atoms with Gasteiger partial charge in [-0.05, 0) is 35.3 Å². The first kappa shape index (κ1) is 14.9. The molecule has 0 saturated heterocycles. The number of nitrogen functional groups attached to an aromatic ring is 1. The minimum Gasteiger partial charge on any atom is -0.507 e. The number of aryl methyl sites for hydroxylation is 1. The molecule has 0 bridgehead atoms. The highest BCUT2D eigenvalue weighted by Gasteiger charge is 2.25. The predicted octanol–water partition coefficient (Wildman–Crippen LogP) is 4.17. The summed E-state index contributed by atoms with van der Waals surface area (Å²) in [6.07, 6.45) is 0.920. The molecular weight excluding hydrogens is 222 g/mol. The summed E-state index contributed by atoms with van der Waals surface area (Å²) in [4.78, 5) is 0. The number of hydrogen-bond acceptors (Lipinski definition) is 2. The van der Waals surface area contributed by atoms with Crippen LogP contribution in [0.15, 0.2) is 6.07 Å². The van der Waals surface area contributed by atoms with Gasteiger partial charge in [0, 0.05) is 11.3 Å². The third-order valence-corrected chi connectivity index (χ3v) is 3.09. The third kappa shape index (κ3) is 3.18. The van der Waals surface area contributed by atoms with E-state index in [1.165, 1.54) is 0 Å². The monoisotopic (exact) mass is 249 g/mol. The van der Waals surface area contributed by atoms with Crippen molar-refractivity contribution in [3.63, 3.8) is 0 Å². The first-order valence-corrected chi connectivity index (χ1v) is 6.55. The van der Waals surface area contributed by atoms with Gasteiger partial charge in [-0.1, -0.05) is 47.6 Å². The lowest BCUT2D eigenvalue weighted by molar-refractivity contribution is 0.409. The van der Waals surface area contributed by atoms with Crippen molar-refractivity contribution in [3.05, 3.63) is 22.8 Å². The lowest BCUT2D eigenvalue weighted by Crippen LogP contribution is -2.18. The maximum Gasteiger partial charge on any atom is 0.124 e. The first-order chi connectivity index (χ1) is 7.93. The molecule has 0 heterocycles. The Kier molecular flexibility index (Phi) is 3.71. The van der Waals surface area contributed by atoms with Crippen molar-refractivity contribution < 1.29 is 5.11 Å². The largest absolute Gasteiger partial charge is 0.507 e. The lowest BCUT2D eigenvalue weighted by atomic mass is 9.79. The molecule has 0 aromatic heterocycles. The van der Waals surface area contributed by atoms with Gasteiger partial charge < -0.3 is 10.8 Å². The molecule has 0 fully saturated rings. The van der Waals surface area contributed by atoms with Gasteiger partial charge in [0.05, 0.1) is 0 Å². The van der Waals surface area contributed by atoms with Crippen LogP contribution in [0.3, 0.4) is 0 Å². The fraction of sp³-hybridized carbons (Fsp3) is 0.625. The third-order valence-electron chi connectivity index (χ3n) is 3.09. The summed E-state index contributed by atoms with van der Waals surface area (Å²) in [5.74, 6) is 0.345. The Morgan fingerprint density at radius 2 is 1.61 bits per heavy atom. The van der Waals surface area contributed by atoms with Crippen molar-refractivity contribution in [3.8, 4) is 5.75 Å². The second kappa shape index (κ2) is 4.49. The van der Waals surface area contributed by atoms with E-state index in [0.29, 0.717) is 5.75 Å². The van der Waals surface area contributed by atoms with Gasteiger partial charge in [-0.25, -0.2) is 0 Å². The molecule has 2 heteroatoms. The molecule has 0 aliphatic carbocycles. The quantitative estimate of drug-likeness (QED) is 0.734. The van der Waals surface area contributed by atoms with Crippen LogP contribution < -0.4 is 5.73 Å². The van der Waals surface area contributed by atoms with E-state index in [1.807, 2.05) is 13.0 Å². The number of nitrogens with two attached hydrogens (primary N) is 1. The highest BCUT2D eigenvalue weighted by molar-refractivity contribution is 5.64. The number of benzene rings is 1. The van der Waals surface area contributed by atoms with Gasteiger partial charge in [0.1, 0.15) is 5.75 Å². The van der Waals surface area contributed by atoms with Crippen molar-refractivity contribution in [2.45, 2.75) is 60.3 Å². The lowest BCUT2D eigenvalue weighted by Gasteiger charge is -2.27. The molecule has 1 rings (SSSR count). The molecule has 0 aliphatic rings. The number of aromatic hydroxyl groups is 1. The topological polar surface area (TPSA) is 46.2 Å². The fourth-order valence-corrected chi connectivity index (χ4v) is 2.37. The van der Waals surface area contributed by atoms with Crippen molar-refractivity contribution >= 4 is 5.69 Å². The van der Waals surface area contributed by atoms with E-state index in [2.05, 4.69) is 41.5 Å². The molecule has 0 amide bonds. The van der Waals surface area contributed by atoms with Gasteiger partial charge in [0.25, 0.3) is 0 Å². The fourth-order valence-electron chi connectivity index (χ4n) is 2.37. The van der Waals surface area contributed by atoms with Crippen LogP contribution in [-0.4, -0.2) is 5.11 Å². The Labute approximate surface area is 111 Å². The predicted molar refractivity (Wildman–Crippen MR) is 79.1 cm³/mol. The van der Waals surface area contributed by atoms with Gasteiger partial charge >= 0.3 is 0 Å². The number of phenols is 1. The van der Waals surface area contributed by atoms with Gasteiger partial charge in [0.15, 0.2) is 0 Å². The number of phenolic OH excluding ortho intramolecular Hbond substituents is 1. The van der Waals surface area contributed by atoms with Crippen molar-refractivity contribution in [2.75, 3.05) is 5.73 Å². The van der Waals surface area contributed by atoms with Crippen LogP contribution in [0.4, 0.5) is 5.69 Å². The second-order valence-electron chi connectivity index (χ2n) is 7.48. The van der Waals surface area contributed by atoms with Gasteiger partial charge in [-0.15, -0.1) is 0 Å². The van der Waals surface area contributed by atoms with E-state index >= 15 is 0 Å². The molecule has 1 aromatic carbocycles. The Bertz CT molecular complexity index is 448. The van der Waals surface area contributed by atoms with E-state index in [-0.39, 0.29) is 10.8 Å². The Hall–Kier alpha value is -1.18. The molecule has 3 N–H and O–H groups in total. The van der Waals surface area contributed by atoms with E-state index in [9.17, 15) is 5.11 Å². The van der Waals surface area contributed by atoms with Crippen LogP contribution >= 0.6 is 0 Å². The molecule has 1 aromatic rings. The SMILES string of the molecule is Cc1cc(CC(C)(C)C)c(N)c(C(C)(C)C)c1O. The highest BCUT2D eigenvalue weighted by Crippen LogP contribution is 2.41. The summed E-state index contributed by atoms with van der Waals surface area (Å²) in [5.41, 5.74) is 10.0. The van der Waals surface area contributed by atoms with Crippen LogP contribution in [0.25, 0.3) is 0 Å². The molecule has 0 saturated carbocycles. The van der Waals surface area contributed by atoms with Crippen LogP contribution in [-0.2, 0) is 11.8 Å². The van der Waals surface area contributed by atoms with Crippen LogP contribution in [0.1, 0.15) is 58.2 Å². The second-order valence-corrected chi connectivity index (χ2v) is 7.48. The molecule has 0 radical (unpaired) electrons.